The van der Waals surface area contributed by atoms with Crippen molar-refractivity contribution in [3.05, 3.63) is 66.0 Å². The van der Waals surface area contributed by atoms with Crippen LogP contribution in [0.4, 0.5) is 10.1 Å². The van der Waals surface area contributed by atoms with Gasteiger partial charge in [-0.1, -0.05) is 30.3 Å². The molecule has 1 saturated heterocycles. The Morgan fingerprint density at radius 2 is 1.64 bits per heavy atom. The van der Waals surface area contributed by atoms with Crippen LogP contribution in [0.2, 0.25) is 0 Å². The molecule has 0 saturated carbocycles. The highest BCUT2D eigenvalue weighted by Crippen LogP contribution is 2.21. The standard InChI is InChI=1S/C21H25FN4O2/c1-21(23,16-5-3-2-4-6-16)20(28)26-13-11-25(12-14-26)15-19(27)24-18-9-7-17(22)8-10-18/h2-10H,11-15,23H2,1H3,(H,24,27). The van der Waals surface area contributed by atoms with Crippen LogP contribution < -0.4 is 11.1 Å². The summed E-state index contributed by atoms with van der Waals surface area (Å²) in [5.74, 6) is -0.630. The summed E-state index contributed by atoms with van der Waals surface area (Å²) in [5, 5.41) is 2.75. The van der Waals surface area contributed by atoms with Crippen LogP contribution in [0.15, 0.2) is 54.6 Å². The fourth-order valence-electron chi connectivity index (χ4n) is 3.28. The number of hydrogen-bond donors (Lipinski definition) is 2. The average Bonchev–Trinajstić information content (AvgIpc) is 2.70. The van der Waals surface area contributed by atoms with Crippen LogP contribution in [0.1, 0.15) is 12.5 Å². The summed E-state index contributed by atoms with van der Waals surface area (Å²) >= 11 is 0. The lowest BCUT2D eigenvalue weighted by Gasteiger charge is -2.38. The molecule has 2 aromatic rings. The molecule has 1 aliphatic rings. The minimum Gasteiger partial charge on any atom is -0.338 e. The van der Waals surface area contributed by atoms with Gasteiger partial charge in [-0.3, -0.25) is 14.5 Å². The monoisotopic (exact) mass is 384 g/mol. The summed E-state index contributed by atoms with van der Waals surface area (Å²) in [6, 6.07) is 15.0. The molecule has 2 aromatic carbocycles. The van der Waals surface area contributed by atoms with Crippen molar-refractivity contribution in [2.75, 3.05) is 38.0 Å². The summed E-state index contributed by atoms with van der Waals surface area (Å²) in [6.45, 7) is 4.16. The molecule has 0 bridgehead atoms. The molecule has 3 N–H and O–H groups in total. The normalized spacial score (nSPS) is 17.0. The van der Waals surface area contributed by atoms with E-state index in [0.29, 0.717) is 31.9 Å². The largest absolute Gasteiger partial charge is 0.338 e. The first kappa shape index (κ1) is 20.0. The maximum absolute atomic E-state index is 12.9. The molecule has 1 unspecified atom stereocenters. The molecule has 0 aliphatic carbocycles. The molecule has 0 aromatic heterocycles. The lowest BCUT2D eigenvalue weighted by atomic mass is 9.91. The zero-order valence-electron chi connectivity index (χ0n) is 15.9. The zero-order valence-corrected chi connectivity index (χ0v) is 15.9. The Kier molecular flexibility index (Phi) is 6.06. The number of piperazine rings is 1. The fourth-order valence-corrected chi connectivity index (χ4v) is 3.28. The summed E-state index contributed by atoms with van der Waals surface area (Å²) in [4.78, 5) is 28.8. The van der Waals surface area contributed by atoms with Crippen LogP contribution in [0, 0.1) is 5.82 Å². The van der Waals surface area contributed by atoms with E-state index in [1.54, 1.807) is 11.8 Å². The molecule has 0 radical (unpaired) electrons. The Labute approximate surface area is 164 Å². The van der Waals surface area contributed by atoms with E-state index >= 15 is 0 Å². The molecule has 1 aliphatic heterocycles. The molecule has 3 rings (SSSR count). The van der Waals surface area contributed by atoms with Crippen LogP contribution in [0.5, 0.6) is 0 Å². The van der Waals surface area contributed by atoms with Gasteiger partial charge in [0.2, 0.25) is 11.8 Å². The first-order chi connectivity index (χ1) is 13.4. The van der Waals surface area contributed by atoms with E-state index in [4.69, 9.17) is 5.73 Å². The Morgan fingerprint density at radius 3 is 2.25 bits per heavy atom. The van der Waals surface area contributed by atoms with Crippen LogP contribution >= 0.6 is 0 Å². The second-order valence-electron chi connectivity index (χ2n) is 7.19. The van der Waals surface area contributed by atoms with Crippen LogP contribution in [0.3, 0.4) is 0 Å². The molecule has 7 heteroatoms. The third kappa shape index (κ3) is 4.74. The SMILES string of the molecule is CC(N)(C(=O)N1CCN(CC(=O)Nc2ccc(F)cc2)CC1)c1ccccc1. The molecule has 0 spiro atoms. The first-order valence-corrected chi connectivity index (χ1v) is 9.28. The lowest BCUT2D eigenvalue weighted by molar-refractivity contribution is -0.138. The van der Waals surface area contributed by atoms with Gasteiger partial charge in [0.1, 0.15) is 11.4 Å². The van der Waals surface area contributed by atoms with E-state index in [1.165, 1.54) is 24.3 Å². The van der Waals surface area contributed by atoms with E-state index in [2.05, 4.69) is 5.32 Å². The van der Waals surface area contributed by atoms with Crippen molar-refractivity contribution in [1.29, 1.82) is 0 Å². The molecule has 1 heterocycles. The van der Waals surface area contributed by atoms with Crippen molar-refractivity contribution >= 4 is 17.5 Å². The number of benzene rings is 2. The van der Waals surface area contributed by atoms with Gasteiger partial charge >= 0.3 is 0 Å². The van der Waals surface area contributed by atoms with Crippen molar-refractivity contribution in [1.82, 2.24) is 9.80 Å². The van der Waals surface area contributed by atoms with Gasteiger partial charge in [-0.15, -0.1) is 0 Å². The number of carbonyl (C=O) groups is 2. The van der Waals surface area contributed by atoms with Crippen molar-refractivity contribution in [2.24, 2.45) is 5.73 Å². The molecule has 6 nitrogen and oxygen atoms in total. The van der Waals surface area contributed by atoms with Crippen molar-refractivity contribution in [2.45, 2.75) is 12.5 Å². The number of amides is 2. The molecule has 1 fully saturated rings. The Balaban J connectivity index is 1.50. The van der Waals surface area contributed by atoms with Gasteiger partial charge < -0.3 is 16.0 Å². The average molecular weight is 384 g/mol. The van der Waals surface area contributed by atoms with E-state index < -0.39 is 5.54 Å². The Hall–Kier alpha value is -2.77. The molecule has 28 heavy (non-hydrogen) atoms. The van der Waals surface area contributed by atoms with Gasteiger partial charge in [0.05, 0.1) is 6.54 Å². The van der Waals surface area contributed by atoms with E-state index in [0.717, 1.165) is 5.56 Å². The van der Waals surface area contributed by atoms with Crippen molar-refractivity contribution in [3.8, 4) is 0 Å². The van der Waals surface area contributed by atoms with E-state index in [9.17, 15) is 14.0 Å². The highest BCUT2D eigenvalue weighted by Gasteiger charge is 2.35. The molecule has 1 atom stereocenters. The molecular formula is C21H25FN4O2. The highest BCUT2D eigenvalue weighted by atomic mass is 19.1. The van der Waals surface area contributed by atoms with Crippen LogP contribution in [-0.2, 0) is 15.1 Å². The topological polar surface area (TPSA) is 78.7 Å². The van der Waals surface area contributed by atoms with Crippen LogP contribution in [-0.4, -0.2) is 54.3 Å². The summed E-state index contributed by atoms with van der Waals surface area (Å²) in [7, 11) is 0. The smallest absolute Gasteiger partial charge is 0.247 e. The van der Waals surface area contributed by atoms with Crippen molar-refractivity contribution in [3.63, 3.8) is 0 Å². The molecule has 148 valence electrons. The van der Waals surface area contributed by atoms with Gasteiger partial charge in [-0.25, -0.2) is 4.39 Å². The summed E-state index contributed by atoms with van der Waals surface area (Å²) in [5.41, 5.74) is 6.58. The number of anilines is 1. The minimum absolute atomic E-state index is 0.117. The van der Waals surface area contributed by atoms with Crippen LogP contribution in [0.25, 0.3) is 0 Å². The number of nitrogens with zero attached hydrogens (tertiary/aromatic N) is 2. The van der Waals surface area contributed by atoms with Gasteiger partial charge in [0.25, 0.3) is 0 Å². The Morgan fingerprint density at radius 1 is 1.04 bits per heavy atom. The number of nitrogens with one attached hydrogen (secondary N) is 1. The third-order valence-corrected chi connectivity index (χ3v) is 4.97. The third-order valence-electron chi connectivity index (χ3n) is 4.97. The second-order valence-corrected chi connectivity index (χ2v) is 7.19. The second kappa shape index (κ2) is 8.50. The first-order valence-electron chi connectivity index (χ1n) is 9.28. The quantitative estimate of drug-likeness (QED) is 0.824. The van der Waals surface area contributed by atoms with E-state index in [-0.39, 0.29) is 24.2 Å². The molecule has 2 amide bonds. The molecular weight excluding hydrogens is 359 g/mol. The van der Waals surface area contributed by atoms with Gasteiger partial charge in [0.15, 0.2) is 0 Å². The highest BCUT2D eigenvalue weighted by molar-refractivity contribution is 5.92. The van der Waals surface area contributed by atoms with Gasteiger partial charge in [-0.05, 0) is 36.8 Å². The van der Waals surface area contributed by atoms with Gasteiger partial charge in [0, 0.05) is 31.9 Å². The maximum atomic E-state index is 12.9. The van der Waals surface area contributed by atoms with Gasteiger partial charge in [-0.2, -0.15) is 0 Å². The number of rotatable bonds is 5. The predicted octanol–water partition coefficient (Wildman–Crippen LogP) is 1.78. The van der Waals surface area contributed by atoms with Crippen molar-refractivity contribution < 1.29 is 14.0 Å². The number of carbonyl (C=O) groups excluding carboxylic acids is 2. The summed E-state index contributed by atoms with van der Waals surface area (Å²) in [6.07, 6.45) is 0. The number of hydrogen-bond acceptors (Lipinski definition) is 4. The van der Waals surface area contributed by atoms with E-state index in [1.807, 2.05) is 35.2 Å². The Bertz CT molecular complexity index is 816. The fraction of sp³-hybridized carbons (Fsp3) is 0.333. The zero-order chi connectivity index (χ0) is 20.1. The minimum atomic E-state index is -1.08. The predicted molar refractivity (Wildman–Crippen MR) is 106 cm³/mol. The number of halogens is 1. The lowest BCUT2D eigenvalue weighted by Crippen LogP contribution is -2.57. The number of nitrogens with two attached hydrogens (primary N) is 1. The summed E-state index contributed by atoms with van der Waals surface area (Å²) < 4.78 is 12.9. The maximum Gasteiger partial charge on any atom is 0.247 e.